The van der Waals surface area contributed by atoms with Gasteiger partial charge in [0.1, 0.15) is 0 Å². The summed E-state index contributed by atoms with van der Waals surface area (Å²) in [7, 11) is 0. The number of hydrogen-bond acceptors (Lipinski definition) is 4. The van der Waals surface area contributed by atoms with E-state index < -0.39 is 5.97 Å². The van der Waals surface area contributed by atoms with Crippen LogP contribution in [0.25, 0.3) is 0 Å². The Kier molecular flexibility index (Phi) is 8.79. The molecule has 0 aliphatic rings. The quantitative estimate of drug-likeness (QED) is 0.526. The number of rotatable bonds is 7. The molecule has 2 aromatic rings. The van der Waals surface area contributed by atoms with Crippen molar-refractivity contribution in [3.8, 4) is 0 Å². The lowest BCUT2D eigenvalue weighted by atomic mass is 10.3. The summed E-state index contributed by atoms with van der Waals surface area (Å²) in [5.74, 6) is -0.812. The number of para-hydroxylation sites is 2. The Morgan fingerprint density at radius 1 is 1.13 bits per heavy atom. The number of aliphatic imine (C=N–C) groups is 1. The molecule has 120 valence electrons. The third-order valence-corrected chi connectivity index (χ3v) is 3.68. The minimum atomic E-state index is -0.837. The molecule has 0 aliphatic carbocycles. The Balaban J connectivity index is 0.00000264. The molecule has 0 aliphatic heterocycles. The van der Waals surface area contributed by atoms with E-state index in [-0.39, 0.29) is 22.7 Å². The molecule has 2 rings (SSSR count). The number of nitrogens with zero attached hydrogens (tertiary/aromatic N) is 1. The van der Waals surface area contributed by atoms with Gasteiger partial charge in [0.25, 0.3) is 0 Å². The number of carboxylic acid groups (broad SMARTS) is 1. The van der Waals surface area contributed by atoms with E-state index in [0.717, 1.165) is 16.3 Å². The fourth-order valence-electron chi connectivity index (χ4n) is 1.67. The van der Waals surface area contributed by atoms with Gasteiger partial charge in [0, 0.05) is 23.0 Å². The SMILES string of the molecule is Br.O=C(O)CSc1ccccc1N=CC=CNc1ccccc1. The molecule has 6 heteroatoms. The first-order valence-corrected chi connectivity index (χ1v) is 7.68. The predicted molar refractivity (Wildman–Crippen MR) is 102 cm³/mol. The van der Waals surface area contributed by atoms with Gasteiger partial charge in [0.05, 0.1) is 11.4 Å². The van der Waals surface area contributed by atoms with Crippen molar-refractivity contribution in [2.75, 3.05) is 11.1 Å². The Labute approximate surface area is 150 Å². The molecule has 0 atom stereocenters. The summed E-state index contributed by atoms with van der Waals surface area (Å²) in [6.07, 6.45) is 5.27. The number of allylic oxidation sites excluding steroid dienone is 1. The van der Waals surface area contributed by atoms with Gasteiger partial charge >= 0.3 is 5.97 Å². The van der Waals surface area contributed by atoms with Gasteiger partial charge < -0.3 is 10.4 Å². The maximum atomic E-state index is 10.6. The average molecular weight is 393 g/mol. The summed E-state index contributed by atoms with van der Waals surface area (Å²) in [5.41, 5.74) is 1.77. The van der Waals surface area contributed by atoms with Crippen LogP contribution in [-0.2, 0) is 4.79 Å². The predicted octanol–water partition coefficient (Wildman–Crippen LogP) is 4.77. The summed E-state index contributed by atoms with van der Waals surface area (Å²) >= 11 is 1.26. The Morgan fingerprint density at radius 3 is 2.57 bits per heavy atom. The van der Waals surface area contributed by atoms with Gasteiger partial charge in [-0.25, -0.2) is 0 Å². The second-order valence-electron chi connectivity index (χ2n) is 4.30. The molecule has 4 nitrogen and oxygen atoms in total. The molecular formula is C17H17BrN2O2S. The maximum Gasteiger partial charge on any atom is 0.313 e. The third-order valence-electron chi connectivity index (χ3n) is 2.64. The molecule has 0 spiro atoms. The first-order valence-electron chi connectivity index (χ1n) is 6.70. The number of aliphatic carboxylic acids is 1. The van der Waals surface area contributed by atoms with E-state index in [4.69, 9.17) is 5.11 Å². The highest BCUT2D eigenvalue weighted by Crippen LogP contribution is 2.28. The highest BCUT2D eigenvalue weighted by atomic mass is 79.9. The molecule has 0 radical (unpaired) electrons. The fourth-order valence-corrected chi connectivity index (χ4v) is 2.39. The van der Waals surface area contributed by atoms with Crippen molar-refractivity contribution < 1.29 is 9.90 Å². The second-order valence-corrected chi connectivity index (χ2v) is 5.31. The van der Waals surface area contributed by atoms with E-state index in [9.17, 15) is 4.79 Å². The van der Waals surface area contributed by atoms with Crippen molar-refractivity contribution in [2.45, 2.75) is 4.90 Å². The summed E-state index contributed by atoms with van der Waals surface area (Å²) in [6.45, 7) is 0. The highest BCUT2D eigenvalue weighted by molar-refractivity contribution is 8.93. The van der Waals surface area contributed by atoms with Gasteiger partial charge in [-0.05, 0) is 30.3 Å². The zero-order chi connectivity index (χ0) is 15.6. The molecular weight excluding hydrogens is 376 g/mol. The van der Waals surface area contributed by atoms with Crippen molar-refractivity contribution in [2.24, 2.45) is 4.99 Å². The van der Waals surface area contributed by atoms with Gasteiger partial charge in [-0.1, -0.05) is 30.3 Å². The number of carboxylic acids is 1. The molecule has 0 bridgehead atoms. The summed E-state index contributed by atoms with van der Waals surface area (Å²) in [6, 6.07) is 17.3. The van der Waals surface area contributed by atoms with E-state index in [1.807, 2.05) is 54.6 Å². The standard InChI is InChI=1S/C17H16N2O2S.BrH/c20-17(21)13-22-16-10-5-4-9-15(16)19-12-6-11-18-14-7-2-1-3-8-14;/h1-12,18H,13H2,(H,20,21);1H. The molecule has 2 N–H and O–H groups in total. The molecule has 0 saturated heterocycles. The second kappa shape index (κ2) is 10.6. The van der Waals surface area contributed by atoms with E-state index in [2.05, 4.69) is 10.3 Å². The van der Waals surface area contributed by atoms with E-state index >= 15 is 0 Å². The molecule has 0 amide bonds. The number of halogens is 1. The number of nitrogens with one attached hydrogen (secondary N) is 1. The van der Waals surface area contributed by atoms with Crippen LogP contribution < -0.4 is 5.32 Å². The van der Waals surface area contributed by atoms with Crippen LogP contribution in [-0.4, -0.2) is 23.0 Å². The monoisotopic (exact) mass is 392 g/mol. The lowest BCUT2D eigenvalue weighted by Crippen LogP contribution is -1.97. The number of thioether (sulfide) groups is 1. The maximum absolute atomic E-state index is 10.6. The van der Waals surface area contributed by atoms with Gasteiger partial charge in [-0.2, -0.15) is 0 Å². The fraction of sp³-hybridized carbons (Fsp3) is 0.0588. The number of benzene rings is 2. The number of carbonyl (C=O) groups is 1. The van der Waals surface area contributed by atoms with Gasteiger partial charge in [-0.15, -0.1) is 28.7 Å². The van der Waals surface area contributed by atoms with Gasteiger partial charge in [-0.3, -0.25) is 9.79 Å². The topological polar surface area (TPSA) is 61.7 Å². The zero-order valence-corrected chi connectivity index (χ0v) is 14.8. The normalized spacial score (nSPS) is 10.6. The van der Waals surface area contributed by atoms with Crippen LogP contribution in [0.5, 0.6) is 0 Å². The van der Waals surface area contributed by atoms with Gasteiger partial charge in [0.2, 0.25) is 0 Å². The molecule has 0 saturated carbocycles. The molecule has 0 heterocycles. The van der Waals surface area contributed by atoms with Crippen molar-refractivity contribution >= 4 is 52.3 Å². The smallest absolute Gasteiger partial charge is 0.313 e. The number of hydrogen-bond donors (Lipinski definition) is 2. The Morgan fingerprint density at radius 2 is 1.83 bits per heavy atom. The average Bonchev–Trinajstić information content (AvgIpc) is 2.54. The molecule has 23 heavy (non-hydrogen) atoms. The first kappa shape index (κ1) is 19.0. The largest absolute Gasteiger partial charge is 0.481 e. The molecule has 0 unspecified atom stereocenters. The Bertz CT molecular complexity index is 675. The minimum Gasteiger partial charge on any atom is -0.481 e. The minimum absolute atomic E-state index is 0. The summed E-state index contributed by atoms with van der Waals surface area (Å²) in [5, 5.41) is 11.9. The zero-order valence-electron chi connectivity index (χ0n) is 12.3. The first-order chi connectivity index (χ1) is 10.8. The van der Waals surface area contributed by atoms with Crippen LogP contribution in [0.2, 0.25) is 0 Å². The lowest BCUT2D eigenvalue weighted by molar-refractivity contribution is -0.133. The summed E-state index contributed by atoms with van der Waals surface area (Å²) < 4.78 is 0. The summed E-state index contributed by atoms with van der Waals surface area (Å²) in [4.78, 5) is 15.8. The van der Waals surface area contributed by atoms with Crippen LogP contribution in [0.4, 0.5) is 11.4 Å². The van der Waals surface area contributed by atoms with Crippen LogP contribution in [0.3, 0.4) is 0 Å². The molecule has 2 aromatic carbocycles. The van der Waals surface area contributed by atoms with Crippen molar-refractivity contribution in [1.82, 2.24) is 0 Å². The van der Waals surface area contributed by atoms with E-state index in [0.29, 0.717) is 0 Å². The van der Waals surface area contributed by atoms with Gasteiger partial charge in [0.15, 0.2) is 0 Å². The van der Waals surface area contributed by atoms with Crippen LogP contribution in [0.15, 0.2) is 76.8 Å². The van der Waals surface area contributed by atoms with Crippen molar-refractivity contribution in [1.29, 1.82) is 0 Å². The third kappa shape index (κ3) is 7.17. The number of anilines is 1. The molecule has 0 fully saturated rings. The van der Waals surface area contributed by atoms with Crippen molar-refractivity contribution in [3.63, 3.8) is 0 Å². The van der Waals surface area contributed by atoms with Crippen LogP contribution in [0.1, 0.15) is 0 Å². The highest BCUT2D eigenvalue weighted by Gasteiger charge is 2.03. The lowest BCUT2D eigenvalue weighted by Gasteiger charge is -2.02. The van der Waals surface area contributed by atoms with E-state index in [1.54, 1.807) is 18.5 Å². The van der Waals surface area contributed by atoms with Crippen molar-refractivity contribution in [3.05, 3.63) is 66.9 Å². The van der Waals surface area contributed by atoms with Crippen LogP contribution >= 0.6 is 28.7 Å². The Hall–Kier alpha value is -2.05. The molecule has 0 aromatic heterocycles. The van der Waals surface area contributed by atoms with E-state index in [1.165, 1.54) is 11.8 Å². The van der Waals surface area contributed by atoms with Crippen LogP contribution in [0, 0.1) is 0 Å².